The van der Waals surface area contributed by atoms with Crippen LogP contribution in [0.3, 0.4) is 0 Å². The predicted molar refractivity (Wildman–Crippen MR) is 80.0 cm³/mol. The zero-order valence-electron chi connectivity index (χ0n) is 11.1. The van der Waals surface area contributed by atoms with E-state index in [-0.39, 0.29) is 5.91 Å². The standard InChI is InChI=1S/C15H16N2OS/c1-9-7-14(19-10(9)2)15(18)17-6-5-11-3-4-12(16)8-13(11)17/h3-4,7-8H,5-6,16H2,1-2H3. The summed E-state index contributed by atoms with van der Waals surface area (Å²) in [6, 6.07) is 7.79. The van der Waals surface area contributed by atoms with Crippen LogP contribution in [0, 0.1) is 13.8 Å². The van der Waals surface area contributed by atoms with Crippen molar-refractivity contribution in [3.8, 4) is 0 Å². The molecule has 0 bridgehead atoms. The highest BCUT2D eigenvalue weighted by Gasteiger charge is 2.26. The molecule has 2 N–H and O–H groups in total. The molecular weight excluding hydrogens is 256 g/mol. The van der Waals surface area contributed by atoms with Crippen molar-refractivity contribution >= 4 is 28.6 Å². The second-order valence-electron chi connectivity index (χ2n) is 4.94. The smallest absolute Gasteiger partial charge is 0.268 e. The molecule has 2 heterocycles. The molecule has 1 aliphatic heterocycles. The summed E-state index contributed by atoms with van der Waals surface area (Å²) in [5.74, 6) is 0.0885. The number of carbonyl (C=O) groups is 1. The number of amides is 1. The summed E-state index contributed by atoms with van der Waals surface area (Å²) in [4.78, 5) is 16.4. The molecule has 4 heteroatoms. The van der Waals surface area contributed by atoms with Gasteiger partial charge in [0.2, 0.25) is 0 Å². The molecule has 0 saturated carbocycles. The first-order valence-corrected chi connectivity index (χ1v) is 7.15. The molecule has 0 aliphatic carbocycles. The van der Waals surface area contributed by atoms with Gasteiger partial charge in [-0.05, 0) is 49.6 Å². The average Bonchev–Trinajstić information content (AvgIpc) is 2.93. The Hall–Kier alpha value is -1.81. The first-order chi connectivity index (χ1) is 9.06. The summed E-state index contributed by atoms with van der Waals surface area (Å²) in [6.45, 7) is 4.83. The maximum absolute atomic E-state index is 12.6. The Bertz CT molecular complexity index is 641. The number of anilines is 2. The fourth-order valence-corrected chi connectivity index (χ4v) is 3.40. The van der Waals surface area contributed by atoms with E-state index in [1.807, 2.05) is 43.0 Å². The van der Waals surface area contributed by atoms with E-state index in [0.29, 0.717) is 5.69 Å². The molecule has 1 aromatic heterocycles. The Morgan fingerprint density at radius 2 is 2.11 bits per heavy atom. The highest BCUT2D eigenvalue weighted by Crippen LogP contribution is 2.32. The van der Waals surface area contributed by atoms with Gasteiger partial charge in [0.1, 0.15) is 0 Å². The van der Waals surface area contributed by atoms with E-state index in [0.717, 1.165) is 23.5 Å². The Morgan fingerprint density at radius 3 is 2.79 bits per heavy atom. The van der Waals surface area contributed by atoms with Crippen LogP contribution in [0.15, 0.2) is 24.3 Å². The van der Waals surface area contributed by atoms with Crippen molar-refractivity contribution in [3.05, 3.63) is 45.1 Å². The molecule has 3 nitrogen and oxygen atoms in total. The van der Waals surface area contributed by atoms with Gasteiger partial charge in [0.25, 0.3) is 5.91 Å². The third-order valence-corrected chi connectivity index (χ3v) is 4.77. The number of nitrogens with two attached hydrogens (primary N) is 1. The number of nitrogens with zero attached hydrogens (tertiary/aromatic N) is 1. The second-order valence-corrected chi connectivity index (χ2v) is 6.20. The minimum Gasteiger partial charge on any atom is -0.399 e. The fraction of sp³-hybridized carbons (Fsp3) is 0.267. The van der Waals surface area contributed by atoms with Crippen LogP contribution in [0.1, 0.15) is 25.7 Å². The summed E-state index contributed by atoms with van der Waals surface area (Å²) in [5.41, 5.74) is 9.88. The van der Waals surface area contributed by atoms with Crippen molar-refractivity contribution in [3.63, 3.8) is 0 Å². The molecule has 1 amide bonds. The van der Waals surface area contributed by atoms with E-state index < -0.39 is 0 Å². The molecule has 0 fully saturated rings. The van der Waals surface area contributed by atoms with Gasteiger partial charge in [-0.3, -0.25) is 4.79 Å². The van der Waals surface area contributed by atoms with Crippen LogP contribution in [0.2, 0.25) is 0 Å². The topological polar surface area (TPSA) is 46.3 Å². The van der Waals surface area contributed by atoms with Crippen molar-refractivity contribution in [2.24, 2.45) is 0 Å². The van der Waals surface area contributed by atoms with Gasteiger partial charge in [-0.25, -0.2) is 0 Å². The van der Waals surface area contributed by atoms with E-state index >= 15 is 0 Å². The molecule has 3 rings (SSSR count). The zero-order chi connectivity index (χ0) is 13.6. The summed E-state index contributed by atoms with van der Waals surface area (Å²) in [5, 5.41) is 0. The van der Waals surface area contributed by atoms with Crippen molar-refractivity contribution < 1.29 is 4.79 Å². The summed E-state index contributed by atoms with van der Waals surface area (Å²) in [6.07, 6.45) is 0.907. The lowest BCUT2D eigenvalue weighted by atomic mass is 10.1. The lowest BCUT2D eigenvalue weighted by Crippen LogP contribution is -2.28. The number of rotatable bonds is 1. The second kappa shape index (κ2) is 4.38. The highest BCUT2D eigenvalue weighted by molar-refractivity contribution is 7.14. The number of carbonyl (C=O) groups excluding carboxylic acids is 1. The van der Waals surface area contributed by atoms with E-state index in [2.05, 4.69) is 0 Å². The van der Waals surface area contributed by atoms with Crippen molar-refractivity contribution in [2.75, 3.05) is 17.2 Å². The normalized spacial score (nSPS) is 13.7. The van der Waals surface area contributed by atoms with Crippen LogP contribution >= 0.6 is 11.3 Å². The predicted octanol–water partition coefficient (Wildman–Crippen LogP) is 3.15. The van der Waals surface area contributed by atoms with Crippen LogP contribution in [0.5, 0.6) is 0 Å². The molecule has 0 unspecified atom stereocenters. The quantitative estimate of drug-likeness (QED) is 0.811. The summed E-state index contributed by atoms with van der Waals surface area (Å²) in [7, 11) is 0. The zero-order valence-corrected chi connectivity index (χ0v) is 11.9. The largest absolute Gasteiger partial charge is 0.399 e. The van der Waals surface area contributed by atoms with Gasteiger partial charge in [0, 0.05) is 22.8 Å². The van der Waals surface area contributed by atoms with Crippen LogP contribution in [0.4, 0.5) is 11.4 Å². The van der Waals surface area contributed by atoms with Crippen molar-refractivity contribution in [1.82, 2.24) is 0 Å². The van der Waals surface area contributed by atoms with Gasteiger partial charge in [-0.15, -0.1) is 11.3 Å². The van der Waals surface area contributed by atoms with Crippen LogP contribution < -0.4 is 10.6 Å². The number of benzene rings is 1. The molecule has 0 radical (unpaired) electrons. The first-order valence-electron chi connectivity index (χ1n) is 6.33. The van der Waals surface area contributed by atoms with Crippen molar-refractivity contribution in [1.29, 1.82) is 0 Å². The van der Waals surface area contributed by atoms with E-state index in [1.54, 1.807) is 11.3 Å². The number of thiophene rings is 1. The minimum absolute atomic E-state index is 0.0885. The molecule has 1 aromatic carbocycles. The van der Waals surface area contributed by atoms with Gasteiger partial charge >= 0.3 is 0 Å². The average molecular weight is 272 g/mol. The molecule has 0 saturated heterocycles. The summed E-state index contributed by atoms with van der Waals surface area (Å²) < 4.78 is 0. The molecular formula is C15H16N2OS. The van der Waals surface area contributed by atoms with Gasteiger partial charge in [0.05, 0.1) is 4.88 Å². The summed E-state index contributed by atoms with van der Waals surface area (Å²) >= 11 is 1.57. The van der Waals surface area contributed by atoms with E-state index in [9.17, 15) is 4.79 Å². The van der Waals surface area contributed by atoms with Crippen LogP contribution in [-0.2, 0) is 6.42 Å². The van der Waals surface area contributed by atoms with E-state index in [4.69, 9.17) is 5.73 Å². The van der Waals surface area contributed by atoms with Crippen LogP contribution in [-0.4, -0.2) is 12.5 Å². The molecule has 2 aromatic rings. The van der Waals surface area contributed by atoms with Gasteiger partial charge in [0.15, 0.2) is 0 Å². The fourth-order valence-electron chi connectivity index (χ4n) is 2.42. The lowest BCUT2D eigenvalue weighted by Gasteiger charge is -2.16. The Morgan fingerprint density at radius 1 is 1.32 bits per heavy atom. The number of hydrogen-bond donors (Lipinski definition) is 1. The molecule has 1 aliphatic rings. The first kappa shape index (κ1) is 12.2. The number of aryl methyl sites for hydroxylation is 2. The van der Waals surface area contributed by atoms with Gasteiger partial charge in [-0.2, -0.15) is 0 Å². The molecule has 0 spiro atoms. The maximum atomic E-state index is 12.6. The van der Waals surface area contributed by atoms with Crippen LogP contribution in [0.25, 0.3) is 0 Å². The third-order valence-electron chi connectivity index (χ3n) is 3.63. The minimum atomic E-state index is 0.0885. The lowest BCUT2D eigenvalue weighted by molar-refractivity contribution is 0.0993. The SMILES string of the molecule is Cc1cc(C(=O)N2CCc3ccc(N)cc32)sc1C. The van der Waals surface area contributed by atoms with Gasteiger partial charge < -0.3 is 10.6 Å². The van der Waals surface area contributed by atoms with E-state index in [1.165, 1.54) is 16.0 Å². The Balaban J connectivity index is 1.97. The molecule has 19 heavy (non-hydrogen) atoms. The molecule has 0 atom stereocenters. The number of hydrogen-bond acceptors (Lipinski definition) is 3. The van der Waals surface area contributed by atoms with Crippen molar-refractivity contribution in [2.45, 2.75) is 20.3 Å². The highest BCUT2D eigenvalue weighted by atomic mass is 32.1. The Kier molecular flexibility index (Phi) is 2.82. The maximum Gasteiger partial charge on any atom is 0.268 e. The Labute approximate surface area is 116 Å². The molecule has 98 valence electrons. The number of nitrogen functional groups attached to an aromatic ring is 1. The number of fused-ring (bicyclic) bond motifs is 1. The van der Waals surface area contributed by atoms with Gasteiger partial charge in [-0.1, -0.05) is 6.07 Å². The monoisotopic (exact) mass is 272 g/mol. The third kappa shape index (κ3) is 2.02.